The third-order valence-corrected chi connectivity index (χ3v) is 5.38. The number of aryl methyl sites for hydroxylation is 1. The minimum atomic E-state index is -0.643. The standard InChI is InChI=1S/C19H21N3O4S/c1-10(2)15(22-9-12-7-5-6-8-13(12)17(22)24)16(23)21-19-20-14(11(3)27-19)18(25)26-4/h5-8,10,15H,9H2,1-4H3,(H,20,21,23). The van der Waals surface area contributed by atoms with Crippen LogP contribution < -0.4 is 5.32 Å². The van der Waals surface area contributed by atoms with Gasteiger partial charge in [-0.1, -0.05) is 32.0 Å². The number of benzene rings is 1. The molecule has 3 rings (SSSR count). The first-order valence-electron chi connectivity index (χ1n) is 8.59. The molecular weight excluding hydrogens is 366 g/mol. The van der Waals surface area contributed by atoms with E-state index >= 15 is 0 Å². The molecule has 1 unspecified atom stereocenters. The number of thiazole rings is 1. The maximum Gasteiger partial charge on any atom is 0.357 e. The highest BCUT2D eigenvalue weighted by molar-refractivity contribution is 7.16. The van der Waals surface area contributed by atoms with E-state index in [0.717, 1.165) is 5.56 Å². The highest BCUT2D eigenvalue weighted by Gasteiger charge is 2.38. The molecule has 0 bridgehead atoms. The molecule has 0 spiro atoms. The number of hydrogen-bond donors (Lipinski definition) is 1. The Morgan fingerprint density at radius 2 is 2.00 bits per heavy atom. The molecule has 142 valence electrons. The van der Waals surface area contributed by atoms with Crippen LogP contribution in [0.3, 0.4) is 0 Å². The number of nitrogens with one attached hydrogen (secondary N) is 1. The molecule has 2 aromatic rings. The van der Waals surface area contributed by atoms with Gasteiger partial charge in [-0.2, -0.15) is 0 Å². The summed E-state index contributed by atoms with van der Waals surface area (Å²) in [5.74, 6) is -1.11. The summed E-state index contributed by atoms with van der Waals surface area (Å²) in [7, 11) is 1.28. The smallest absolute Gasteiger partial charge is 0.357 e. The second-order valence-corrected chi connectivity index (χ2v) is 7.89. The van der Waals surface area contributed by atoms with Crippen molar-refractivity contribution < 1.29 is 19.1 Å². The van der Waals surface area contributed by atoms with E-state index < -0.39 is 12.0 Å². The van der Waals surface area contributed by atoms with Gasteiger partial charge in [0.15, 0.2) is 10.8 Å². The number of anilines is 1. The first-order valence-corrected chi connectivity index (χ1v) is 9.40. The summed E-state index contributed by atoms with van der Waals surface area (Å²) in [6.07, 6.45) is 0. The van der Waals surface area contributed by atoms with Gasteiger partial charge in [0.2, 0.25) is 5.91 Å². The lowest BCUT2D eigenvalue weighted by Crippen LogP contribution is -2.47. The van der Waals surface area contributed by atoms with Crippen LogP contribution in [0.5, 0.6) is 0 Å². The van der Waals surface area contributed by atoms with Crippen LogP contribution in [0.25, 0.3) is 0 Å². The molecule has 0 saturated carbocycles. The van der Waals surface area contributed by atoms with Crippen LogP contribution in [-0.2, 0) is 16.1 Å². The monoisotopic (exact) mass is 387 g/mol. The van der Waals surface area contributed by atoms with Crippen molar-refractivity contribution in [2.45, 2.75) is 33.4 Å². The van der Waals surface area contributed by atoms with Crippen molar-refractivity contribution in [2.24, 2.45) is 5.92 Å². The minimum absolute atomic E-state index is 0.0931. The number of hydrogen-bond acceptors (Lipinski definition) is 6. The van der Waals surface area contributed by atoms with E-state index in [1.54, 1.807) is 17.9 Å². The molecule has 1 atom stereocenters. The van der Waals surface area contributed by atoms with Gasteiger partial charge in [0, 0.05) is 17.0 Å². The summed E-state index contributed by atoms with van der Waals surface area (Å²) in [5, 5.41) is 3.07. The van der Waals surface area contributed by atoms with E-state index in [0.29, 0.717) is 22.1 Å². The number of fused-ring (bicyclic) bond motifs is 1. The van der Waals surface area contributed by atoms with Crippen molar-refractivity contribution in [1.29, 1.82) is 0 Å². The molecule has 1 aromatic carbocycles. The van der Waals surface area contributed by atoms with E-state index in [1.165, 1.54) is 18.4 Å². The third kappa shape index (κ3) is 3.57. The Hall–Kier alpha value is -2.74. The molecule has 1 aromatic heterocycles. The van der Waals surface area contributed by atoms with Gasteiger partial charge in [0.1, 0.15) is 6.04 Å². The largest absolute Gasteiger partial charge is 0.464 e. The van der Waals surface area contributed by atoms with Crippen molar-refractivity contribution in [2.75, 3.05) is 12.4 Å². The first-order chi connectivity index (χ1) is 12.8. The quantitative estimate of drug-likeness (QED) is 0.797. The zero-order valence-electron chi connectivity index (χ0n) is 15.6. The highest BCUT2D eigenvalue weighted by atomic mass is 32.1. The second-order valence-electron chi connectivity index (χ2n) is 6.68. The molecular formula is C19H21N3O4S. The molecule has 2 amide bonds. The Labute approximate surface area is 161 Å². The predicted octanol–water partition coefficient (Wildman–Crippen LogP) is 2.86. The molecule has 1 N–H and O–H groups in total. The lowest BCUT2D eigenvalue weighted by Gasteiger charge is -2.29. The van der Waals surface area contributed by atoms with Crippen LogP contribution in [0.1, 0.15) is 45.1 Å². The maximum atomic E-state index is 12.9. The Bertz CT molecular complexity index is 906. The number of esters is 1. The number of carbonyl (C=O) groups excluding carboxylic acids is 3. The Kier molecular flexibility index (Phi) is 5.27. The van der Waals surface area contributed by atoms with Crippen molar-refractivity contribution in [1.82, 2.24) is 9.88 Å². The van der Waals surface area contributed by atoms with Crippen molar-refractivity contribution in [3.05, 3.63) is 46.0 Å². The molecule has 7 nitrogen and oxygen atoms in total. The lowest BCUT2D eigenvalue weighted by atomic mass is 10.0. The van der Waals surface area contributed by atoms with Gasteiger partial charge < -0.3 is 15.0 Å². The fraction of sp³-hybridized carbons (Fsp3) is 0.368. The summed E-state index contributed by atoms with van der Waals surface area (Å²) in [5.41, 5.74) is 1.73. The van der Waals surface area contributed by atoms with Crippen molar-refractivity contribution in [3.8, 4) is 0 Å². The summed E-state index contributed by atoms with van der Waals surface area (Å²) in [6.45, 7) is 5.93. The average molecular weight is 387 g/mol. The highest BCUT2D eigenvalue weighted by Crippen LogP contribution is 2.29. The van der Waals surface area contributed by atoms with Crippen LogP contribution in [0.15, 0.2) is 24.3 Å². The van der Waals surface area contributed by atoms with E-state index in [2.05, 4.69) is 10.3 Å². The SMILES string of the molecule is COC(=O)c1nc(NC(=O)C(C(C)C)N2Cc3ccccc3C2=O)sc1C. The van der Waals surface area contributed by atoms with Gasteiger partial charge in [0.25, 0.3) is 5.91 Å². The molecule has 0 aliphatic carbocycles. The predicted molar refractivity (Wildman–Crippen MR) is 102 cm³/mol. The van der Waals surface area contributed by atoms with Gasteiger partial charge in [-0.05, 0) is 24.5 Å². The van der Waals surface area contributed by atoms with Gasteiger partial charge >= 0.3 is 5.97 Å². The third-order valence-electron chi connectivity index (χ3n) is 4.49. The van der Waals surface area contributed by atoms with Gasteiger partial charge in [-0.3, -0.25) is 9.59 Å². The van der Waals surface area contributed by atoms with Gasteiger partial charge in [-0.15, -0.1) is 11.3 Å². The van der Waals surface area contributed by atoms with E-state index in [9.17, 15) is 14.4 Å². The number of carbonyl (C=O) groups is 3. The van der Waals surface area contributed by atoms with Crippen molar-refractivity contribution >= 4 is 34.3 Å². The molecule has 0 radical (unpaired) electrons. The molecule has 1 aliphatic rings. The van der Waals surface area contributed by atoms with Crippen LogP contribution in [-0.4, -0.2) is 40.8 Å². The zero-order chi connectivity index (χ0) is 19.7. The van der Waals surface area contributed by atoms with Crippen LogP contribution in [0, 0.1) is 12.8 Å². The first kappa shape index (κ1) is 19.0. The van der Waals surface area contributed by atoms with Crippen LogP contribution >= 0.6 is 11.3 Å². The number of rotatable bonds is 5. The lowest BCUT2D eigenvalue weighted by molar-refractivity contribution is -0.122. The summed E-state index contributed by atoms with van der Waals surface area (Å²) >= 11 is 1.20. The van der Waals surface area contributed by atoms with Gasteiger partial charge in [0.05, 0.1) is 7.11 Å². The fourth-order valence-electron chi connectivity index (χ4n) is 3.22. The number of amides is 2. The number of nitrogens with zero attached hydrogens (tertiary/aromatic N) is 2. The maximum absolute atomic E-state index is 12.9. The molecule has 2 heterocycles. The minimum Gasteiger partial charge on any atom is -0.464 e. The van der Waals surface area contributed by atoms with Crippen LogP contribution in [0.4, 0.5) is 5.13 Å². The zero-order valence-corrected chi connectivity index (χ0v) is 16.4. The molecule has 27 heavy (non-hydrogen) atoms. The summed E-state index contributed by atoms with van der Waals surface area (Å²) in [6, 6.07) is 6.73. The molecule has 1 aliphatic heterocycles. The molecule has 8 heteroatoms. The number of methoxy groups -OCH3 is 1. The Morgan fingerprint density at radius 3 is 2.63 bits per heavy atom. The Balaban J connectivity index is 1.82. The molecule has 0 saturated heterocycles. The fourth-order valence-corrected chi connectivity index (χ4v) is 4.03. The van der Waals surface area contributed by atoms with E-state index in [-0.39, 0.29) is 23.4 Å². The Morgan fingerprint density at radius 1 is 1.30 bits per heavy atom. The summed E-state index contributed by atoms with van der Waals surface area (Å²) < 4.78 is 4.69. The van der Waals surface area contributed by atoms with E-state index in [4.69, 9.17) is 4.74 Å². The molecule has 0 fully saturated rings. The number of aromatic nitrogens is 1. The topological polar surface area (TPSA) is 88.6 Å². The van der Waals surface area contributed by atoms with E-state index in [1.807, 2.05) is 32.0 Å². The number of ether oxygens (including phenoxy) is 1. The average Bonchev–Trinajstić information content (AvgIpc) is 3.15. The van der Waals surface area contributed by atoms with Crippen LogP contribution in [0.2, 0.25) is 0 Å². The normalized spacial score (nSPS) is 14.3. The second kappa shape index (κ2) is 7.48. The van der Waals surface area contributed by atoms with Crippen molar-refractivity contribution in [3.63, 3.8) is 0 Å². The van der Waals surface area contributed by atoms with Gasteiger partial charge in [-0.25, -0.2) is 9.78 Å². The summed E-state index contributed by atoms with van der Waals surface area (Å²) in [4.78, 5) is 43.8.